The molecule has 1 atom stereocenters. The van der Waals surface area contributed by atoms with Gasteiger partial charge >= 0.3 is 0 Å². The number of thiophene rings is 1. The molecule has 0 radical (unpaired) electrons. The van der Waals surface area contributed by atoms with Crippen LogP contribution in [0.15, 0.2) is 39.5 Å². The predicted molar refractivity (Wildman–Crippen MR) is 86.1 cm³/mol. The molecule has 0 aliphatic carbocycles. The Hall–Kier alpha value is -1.17. The molecule has 3 rings (SSSR count). The van der Waals surface area contributed by atoms with Crippen molar-refractivity contribution >= 4 is 38.3 Å². The number of aliphatic hydroxyl groups is 1. The van der Waals surface area contributed by atoms with E-state index in [0.717, 1.165) is 32.8 Å². The molecule has 3 nitrogen and oxygen atoms in total. The fraction of sp³-hybridized carbons (Fsp3) is 0.267. The van der Waals surface area contributed by atoms with E-state index in [1.165, 1.54) is 0 Å². The third-order valence-electron chi connectivity index (χ3n) is 3.40. The Kier molecular flexibility index (Phi) is 3.92. The molecule has 1 N–H and O–H groups in total. The van der Waals surface area contributed by atoms with E-state index in [9.17, 15) is 5.11 Å². The quantitative estimate of drug-likeness (QED) is 0.767. The van der Waals surface area contributed by atoms with Crippen molar-refractivity contribution in [2.24, 2.45) is 0 Å². The summed E-state index contributed by atoms with van der Waals surface area (Å²) in [6.45, 7) is 2.96. The highest BCUT2D eigenvalue weighted by Gasteiger charge is 2.16. The van der Waals surface area contributed by atoms with Gasteiger partial charge in [-0.15, -0.1) is 11.3 Å². The number of para-hydroxylation sites is 2. The van der Waals surface area contributed by atoms with Crippen LogP contribution in [-0.2, 0) is 13.0 Å². The summed E-state index contributed by atoms with van der Waals surface area (Å²) in [5.74, 6) is 0.934. The number of hydrogen-bond donors (Lipinski definition) is 1. The van der Waals surface area contributed by atoms with E-state index in [1.807, 2.05) is 29.6 Å². The second-order valence-corrected chi connectivity index (χ2v) is 6.96. The number of hydrogen-bond acceptors (Lipinski definition) is 3. The van der Waals surface area contributed by atoms with Crippen LogP contribution < -0.4 is 0 Å². The van der Waals surface area contributed by atoms with Gasteiger partial charge in [-0.05, 0) is 52.0 Å². The summed E-state index contributed by atoms with van der Waals surface area (Å²) in [5.41, 5.74) is 3.06. The zero-order chi connectivity index (χ0) is 14.1. The minimum atomic E-state index is -0.514. The Labute approximate surface area is 130 Å². The summed E-state index contributed by atoms with van der Waals surface area (Å²) < 4.78 is 3.20. The van der Waals surface area contributed by atoms with Gasteiger partial charge in [0.2, 0.25) is 0 Å². The summed E-state index contributed by atoms with van der Waals surface area (Å²) in [7, 11) is 0. The van der Waals surface area contributed by atoms with Crippen molar-refractivity contribution in [2.75, 3.05) is 0 Å². The first-order valence-corrected chi connectivity index (χ1v) is 8.22. The number of fused-ring (bicyclic) bond motifs is 1. The SMILES string of the molecule is CCn1c(CC(O)c2csc(Br)c2)nc2ccccc21. The van der Waals surface area contributed by atoms with Gasteiger partial charge < -0.3 is 9.67 Å². The fourth-order valence-electron chi connectivity index (χ4n) is 2.42. The van der Waals surface area contributed by atoms with Gasteiger partial charge in [-0.1, -0.05) is 12.1 Å². The van der Waals surface area contributed by atoms with E-state index in [2.05, 4.69) is 38.5 Å². The molecule has 104 valence electrons. The molecule has 0 spiro atoms. The highest BCUT2D eigenvalue weighted by Crippen LogP contribution is 2.28. The molecule has 0 fully saturated rings. The molecule has 3 aromatic rings. The van der Waals surface area contributed by atoms with Crippen LogP contribution in [0.25, 0.3) is 11.0 Å². The van der Waals surface area contributed by atoms with E-state index >= 15 is 0 Å². The van der Waals surface area contributed by atoms with Crippen molar-refractivity contribution in [2.45, 2.75) is 26.0 Å². The van der Waals surface area contributed by atoms with E-state index in [-0.39, 0.29) is 0 Å². The Morgan fingerprint density at radius 2 is 2.20 bits per heavy atom. The molecule has 0 bridgehead atoms. The van der Waals surface area contributed by atoms with Crippen LogP contribution in [0.4, 0.5) is 0 Å². The molecular weight excluding hydrogens is 336 g/mol. The summed E-state index contributed by atoms with van der Waals surface area (Å²) in [6.07, 6.45) is 0.0192. The molecule has 0 saturated heterocycles. The second-order valence-electron chi connectivity index (χ2n) is 4.67. The van der Waals surface area contributed by atoms with Crippen molar-refractivity contribution < 1.29 is 5.11 Å². The molecule has 1 aromatic carbocycles. The summed E-state index contributed by atoms with van der Waals surface area (Å²) in [4.78, 5) is 4.65. The number of imidazole rings is 1. The van der Waals surface area contributed by atoms with Crippen molar-refractivity contribution in [3.8, 4) is 0 Å². The summed E-state index contributed by atoms with van der Waals surface area (Å²) in [5, 5.41) is 12.3. The lowest BCUT2D eigenvalue weighted by Crippen LogP contribution is -2.08. The molecule has 0 aliphatic rings. The topological polar surface area (TPSA) is 38.0 Å². The van der Waals surface area contributed by atoms with Crippen LogP contribution in [0.3, 0.4) is 0 Å². The first-order valence-electron chi connectivity index (χ1n) is 6.55. The normalized spacial score (nSPS) is 12.9. The Morgan fingerprint density at radius 1 is 1.40 bits per heavy atom. The van der Waals surface area contributed by atoms with Gasteiger partial charge in [0.1, 0.15) is 5.82 Å². The maximum absolute atomic E-state index is 10.4. The highest BCUT2D eigenvalue weighted by molar-refractivity contribution is 9.11. The Bertz CT molecular complexity index is 734. The molecule has 0 amide bonds. The minimum Gasteiger partial charge on any atom is -0.388 e. The monoisotopic (exact) mass is 350 g/mol. The van der Waals surface area contributed by atoms with Crippen LogP contribution in [0, 0.1) is 0 Å². The smallest absolute Gasteiger partial charge is 0.112 e. The zero-order valence-electron chi connectivity index (χ0n) is 11.1. The third-order valence-corrected chi connectivity index (χ3v) is 4.92. The minimum absolute atomic E-state index is 0.514. The molecule has 20 heavy (non-hydrogen) atoms. The number of benzene rings is 1. The van der Waals surface area contributed by atoms with Crippen molar-refractivity contribution in [3.05, 3.63) is 50.9 Å². The molecule has 5 heteroatoms. The summed E-state index contributed by atoms with van der Waals surface area (Å²) >= 11 is 5.02. The predicted octanol–water partition coefficient (Wildman–Crippen LogP) is 4.16. The maximum Gasteiger partial charge on any atom is 0.112 e. The van der Waals surface area contributed by atoms with Gasteiger partial charge in [-0.25, -0.2) is 4.98 Å². The first-order chi connectivity index (χ1) is 9.69. The van der Waals surface area contributed by atoms with Crippen molar-refractivity contribution in [1.82, 2.24) is 9.55 Å². The lowest BCUT2D eigenvalue weighted by molar-refractivity contribution is 0.175. The van der Waals surface area contributed by atoms with Gasteiger partial charge in [0.15, 0.2) is 0 Å². The van der Waals surface area contributed by atoms with Gasteiger partial charge in [0.25, 0.3) is 0 Å². The van der Waals surface area contributed by atoms with Gasteiger partial charge in [-0.2, -0.15) is 0 Å². The lowest BCUT2D eigenvalue weighted by Gasteiger charge is -2.10. The molecule has 0 saturated carbocycles. The van der Waals surface area contributed by atoms with Crippen LogP contribution in [0.5, 0.6) is 0 Å². The molecule has 2 heterocycles. The van der Waals surface area contributed by atoms with Crippen LogP contribution in [-0.4, -0.2) is 14.7 Å². The van der Waals surface area contributed by atoms with Gasteiger partial charge in [0, 0.05) is 13.0 Å². The number of aliphatic hydroxyl groups excluding tert-OH is 1. The second kappa shape index (κ2) is 5.68. The zero-order valence-corrected chi connectivity index (χ0v) is 13.5. The van der Waals surface area contributed by atoms with Crippen LogP contribution in [0.2, 0.25) is 0 Å². The Balaban J connectivity index is 1.94. The van der Waals surface area contributed by atoms with Gasteiger partial charge in [-0.3, -0.25) is 0 Å². The number of rotatable bonds is 4. The molecule has 1 unspecified atom stereocenters. The van der Waals surface area contributed by atoms with Crippen molar-refractivity contribution in [1.29, 1.82) is 0 Å². The van der Waals surface area contributed by atoms with E-state index < -0.39 is 6.10 Å². The van der Waals surface area contributed by atoms with E-state index in [0.29, 0.717) is 6.42 Å². The average Bonchev–Trinajstić information content (AvgIpc) is 3.01. The number of nitrogens with zero attached hydrogens (tertiary/aromatic N) is 2. The Morgan fingerprint density at radius 3 is 2.90 bits per heavy atom. The van der Waals surface area contributed by atoms with Crippen molar-refractivity contribution in [3.63, 3.8) is 0 Å². The van der Waals surface area contributed by atoms with Crippen LogP contribution >= 0.6 is 27.3 Å². The molecule has 0 aliphatic heterocycles. The van der Waals surface area contributed by atoms with Gasteiger partial charge in [0.05, 0.1) is 20.9 Å². The standard InChI is InChI=1S/C15H15BrN2OS/c1-2-18-12-6-4-3-5-11(12)17-15(18)8-13(19)10-7-14(16)20-9-10/h3-7,9,13,19H,2,8H2,1H3. The van der Waals surface area contributed by atoms with E-state index in [1.54, 1.807) is 11.3 Å². The first kappa shape index (κ1) is 13.8. The fourth-order valence-corrected chi connectivity index (χ4v) is 3.65. The highest BCUT2D eigenvalue weighted by atomic mass is 79.9. The third kappa shape index (κ3) is 2.53. The lowest BCUT2D eigenvalue weighted by atomic mass is 10.1. The maximum atomic E-state index is 10.4. The summed E-state index contributed by atoms with van der Waals surface area (Å²) in [6, 6.07) is 10.1. The average molecular weight is 351 g/mol. The number of halogens is 1. The largest absolute Gasteiger partial charge is 0.388 e. The number of aromatic nitrogens is 2. The molecular formula is C15H15BrN2OS. The van der Waals surface area contributed by atoms with E-state index in [4.69, 9.17) is 0 Å². The number of aryl methyl sites for hydroxylation is 1. The molecule has 2 aromatic heterocycles. The van der Waals surface area contributed by atoms with Crippen LogP contribution in [0.1, 0.15) is 24.4 Å².